The van der Waals surface area contributed by atoms with Crippen LogP contribution >= 0.6 is 0 Å². The third-order valence-corrected chi connectivity index (χ3v) is 5.67. The minimum atomic E-state index is -3.70. The molecule has 0 saturated heterocycles. The van der Waals surface area contributed by atoms with Crippen molar-refractivity contribution in [1.82, 2.24) is 24.8 Å². The zero-order valence-electron chi connectivity index (χ0n) is 15.8. The van der Waals surface area contributed by atoms with Crippen molar-refractivity contribution in [3.05, 3.63) is 85.0 Å². The Labute approximate surface area is 169 Å². The molecule has 150 valence electrons. The first-order valence-corrected chi connectivity index (χ1v) is 10.4. The fraction of sp³-hybridized carbons (Fsp3) is 0.150. The summed E-state index contributed by atoms with van der Waals surface area (Å²) in [6, 6.07) is 13.2. The Morgan fingerprint density at radius 2 is 2.00 bits per heavy atom. The highest BCUT2D eigenvalue weighted by molar-refractivity contribution is 7.89. The molecule has 0 bridgehead atoms. The second kappa shape index (κ2) is 8.80. The topological polar surface area (TPSA) is 106 Å². The van der Waals surface area contributed by atoms with Gasteiger partial charge in [0.15, 0.2) is 0 Å². The average molecular weight is 411 g/mol. The summed E-state index contributed by atoms with van der Waals surface area (Å²) in [5.74, 6) is -0.362. The maximum Gasteiger partial charge on any atom is 0.251 e. The molecule has 2 N–H and O–H groups in total. The van der Waals surface area contributed by atoms with Crippen LogP contribution in [0.4, 0.5) is 0 Å². The third kappa shape index (κ3) is 4.95. The van der Waals surface area contributed by atoms with E-state index < -0.39 is 10.0 Å². The van der Waals surface area contributed by atoms with Crippen molar-refractivity contribution in [2.24, 2.45) is 0 Å². The highest BCUT2D eigenvalue weighted by atomic mass is 32.2. The molecular formula is C20H21N5O3S. The Kier molecular flexibility index (Phi) is 6.20. The summed E-state index contributed by atoms with van der Waals surface area (Å²) in [6.07, 6.45) is 4.51. The number of amides is 1. The van der Waals surface area contributed by atoms with Gasteiger partial charge in [-0.15, -0.1) is 6.58 Å². The molecule has 1 unspecified atom stereocenters. The predicted octanol–water partition coefficient (Wildman–Crippen LogP) is 2.22. The average Bonchev–Trinajstić information content (AvgIpc) is 3.27. The number of carbonyl (C=O) groups is 1. The van der Waals surface area contributed by atoms with E-state index in [9.17, 15) is 13.2 Å². The molecule has 1 aromatic heterocycles. The molecule has 0 aliphatic carbocycles. The van der Waals surface area contributed by atoms with Gasteiger partial charge in [0.2, 0.25) is 10.0 Å². The van der Waals surface area contributed by atoms with E-state index in [1.807, 2.05) is 31.2 Å². The SMILES string of the molecule is C=CCNS(=O)(=O)c1cccc(C(=O)NC(C)c2ccc(-n3cncn3)cc2)c1. The fourth-order valence-electron chi connectivity index (χ4n) is 2.68. The number of rotatable bonds is 8. The second-order valence-corrected chi connectivity index (χ2v) is 8.06. The molecule has 0 radical (unpaired) electrons. The van der Waals surface area contributed by atoms with E-state index in [4.69, 9.17) is 0 Å². The van der Waals surface area contributed by atoms with Gasteiger partial charge in [0.05, 0.1) is 16.6 Å². The number of sulfonamides is 1. The molecule has 1 atom stereocenters. The summed E-state index contributed by atoms with van der Waals surface area (Å²) in [6.45, 7) is 5.45. The monoisotopic (exact) mass is 411 g/mol. The van der Waals surface area contributed by atoms with Crippen molar-refractivity contribution in [1.29, 1.82) is 0 Å². The van der Waals surface area contributed by atoms with E-state index in [2.05, 4.69) is 26.7 Å². The van der Waals surface area contributed by atoms with Crippen molar-refractivity contribution in [3.63, 3.8) is 0 Å². The summed E-state index contributed by atoms with van der Waals surface area (Å²) < 4.78 is 28.5. The van der Waals surface area contributed by atoms with E-state index in [0.29, 0.717) is 0 Å². The van der Waals surface area contributed by atoms with Gasteiger partial charge in [-0.2, -0.15) is 5.10 Å². The third-order valence-electron chi connectivity index (χ3n) is 4.25. The summed E-state index contributed by atoms with van der Waals surface area (Å²) in [7, 11) is -3.70. The van der Waals surface area contributed by atoms with Gasteiger partial charge >= 0.3 is 0 Å². The molecule has 8 nitrogen and oxygen atoms in total. The van der Waals surface area contributed by atoms with Crippen LogP contribution in [-0.2, 0) is 10.0 Å². The van der Waals surface area contributed by atoms with Crippen LogP contribution in [0.5, 0.6) is 0 Å². The van der Waals surface area contributed by atoms with Gasteiger partial charge in [0.25, 0.3) is 5.91 Å². The molecule has 9 heteroatoms. The molecule has 3 aromatic rings. The maximum atomic E-state index is 12.6. The van der Waals surface area contributed by atoms with Crippen LogP contribution in [0.25, 0.3) is 5.69 Å². The lowest BCUT2D eigenvalue weighted by Crippen LogP contribution is -2.27. The maximum absolute atomic E-state index is 12.6. The quantitative estimate of drug-likeness (QED) is 0.553. The standard InChI is InChI=1S/C20H21N5O3S/c1-3-11-23-29(27,28)19-6-4-5-17(12-19)20(26)24-15(2)16-7-9-18(10-8-16)25-14-21-13-22-25/h3-10,12-15,23H,1,11H2,2H3,(H,24,26). The highest BCUT2D eigenvalue weighted by Crippen LogP contribution is 2.17. The first-order valence-electron chi connectivity index (χ1n) is 8.87. The van der Waals surface area contributed by atoms with Gasteiger partial charge in [-0.1, -0.05) is 24.3 Å². The van der Waals surface area contributed by atoms with Crippen LogP contribution in [0.2, 0.25) is 0 Å². The number of aromatic nitrogens is 3. The number of nitrogens with one attached hydrogen (secondary N) is 2. The lowest BCUT2D eigenvalue weighted by Gasteiger charge is -2.15. The van der Waals surface area contributed by atoms with Gasteiger partial charge in [-0.05, 0) is 42.8 Å². The van der Waals surface area contributed by atoms with Gasteiger partial charge < -0.3 is 5.32 Å². The van der Waals surface area contributed by atoms with Crippen molar-refractivity contribution in [3.8, 4) is 5.69 Å². The predicted molar refractivity (Wildman–Crippen MR) is 109 cm³/mol. The second-order valence-electron chi connectivity index (χ2n) is 6.30. The first kappa shape index (κ1) is 20.4. The molecule has 29 heavy (non-hydrogen) atoms. The Hall–Kier alpha value is -3.30. The van der Waals surface area contributed by atoms with Crippen LogP contribution in [0.15, 0.2) is 78.7 Å². The van der Waals surface area contributed by atoms with Crippen molar-refractivity contribution < 1.29 is 13.2 Å². The number of nitrogens with zero attached hydrogens (tertiary/aromatic N) is 3. The lowest BCUT2D eigenvalue weighted by atomic mass is 10.1. The zero-order chi connectivity index (χ0) is 20.9. The molecule has 3 rings (SSSR count). The fourth-order valence-corrected chi connectivity index (χ4v) is 3.72. The van der Waals surface area contributed by atoms with Gasteiger partial charge in [0, 0.05) is 12.1 Å². The van der Waals surface area contributed by atoms with Gasteiger partial charge in [-0.3, -0.25) is 4.79 Å². The van der Waals surface area contributed by atoms with Gasteiger partial charge in [0.1, 0.15) is 12.7 Å². The molecule has 2 aromatic carbocycles. The summed E-state index contributed by atoms with van der Waals surface area (Å²) in [5, 5.41) is 6.96. The highest BCUT2D eigenvalue weighted by Gasteiger charge is 2.17. The normalized spacial score (nSPS) is 12.3. The zero-order valence-corrected chi connectivity index (χ0v) is 16.6. The molecule has 0 fully saturated rings. The van der Waals surface area contributed by atoms with Crippen LogP contribution in [0.3, 0.4) is 0 Å². The molecule has 1 heterocycles. The number of hydrogen-bond donors (Lipinski definition) is 2. The number of hydrogen-bond acceptors (Lipinski definition) is 5. The molecular weight excluding hydrogens is 390 g/mol. The van der Waals surface area contributed by atoms with Crippen molar-refractivity contribution in [2.75, 3.05) is 6.54 Å². The minimum absolute atomic E-state index is 0.0249. The molecule has 1 amide bonds. The summed E-state index contributed by atoms with van der Waals surface area (Å²) >= 11 is 0. The van der Waals surface area contributed by atoms with Crippen LogP contribution in [-0.4, -0.2) is 35.6 Å². The van der Waals surface area contributed by atoms with Crippen molar-refractivity contribution in [2.45, 2.75) is 17.9 Å². The number of carbonyl (C=O) groups excluding carboxylic acids is 1. The Morgan fingerprint density at radius 1 is 1.24 bits per heavy atom. The summed E-state index contributed by atoms with van der Waals surface area (Å²) in [4.78, 5) is 16.5. The van der Waals surface area contributed by atoms with Crippen LogP contribution in [0.1, 0.15) is 28.9 Å². The Balaban J connectivity index is 1.71. The smallest absolute Gasteiger partial charge is 0.251 e. The van der Waals surface area contributed by atoms with Crippen molar-refractivity contribution >= 4 is 15.9 Å². The van der Waals surface area contributed by atoms with Crippen LogP contribution in [0, 0.1) is 0 Å². The number of benzene rings is 2. The van der Waals surface area contributed by atoms with E-state index in [-0.39, 0.29) is 29.0 Å². The first-order chi connectivity index (χ1) is 13.9. The Morgan fingerprint density at radius 3 is 2.66 bits per heavy atom. The largest absolute Gasteiger partial charge is 0.346 e. The van der Waals surface area contributed by atoms with E-state index in [0.717, 1.165) is 11.3 Å². The molecule has 0 aliphatic rings. The lowest BCUT2D eigenvalue weighted by molar-refractivity contribution is 0.0939. The molecule has 0 spiro atoms. The molecule has 0 aliphatic heterocycles. The molecule has 0 saturated carbocycles. The van der Waals surface area contributed by atoms with E-state index >= 15 is 0 Å². The minimum Gasteiger partial charge on any atom is -0.346 e. The Bertz CT molecular complexity index is 1090. The van der Waals surface area contributed by atoms with E-state index in [1.165, 1.54) is 30.6 Å². The summed E-state index contributed by atoms with van der Waals surface area (Å²) in [5.41, 5.74) is 2.02. The van der Waals surface area contributed by atoms with Gasteiger partial charge in [-0.25, -0.2) is 22.8 Å². The van der Waals surface area contributed by atoms with Crippen LogP contribution < -0.4 is 10.0 Å². The van der Waals surface area contributed by atoms with E-state index in [1.54, 1.807) is 17.1 Å².